The summed E-state index contributed by atoms with van der Waals surface area (Å²) in [6.45, 7) is -2.93. The molecule has 64 heavy (non-hydrogen) atoms. The Kier molecular flexibility index (Phi) is 18.0. The molecule has 0 unspecified atom stereocenters. The molecule has 0 radical (unpaired) electrons. The zero-order chi connectivity index (χ0) is 47.1. The van der Waals surface area contributed by atoms with Crippen LogP contribution in [-0.4, -0.2) is 303 Å². The third kappa shape index (κ3) is 10.7. The van der Waals surface area contributed by atoms with Crippen LogP contribution < -0.4 is 0 Å². The summed E-state index contributed by atoms with van der Waals surface area (Å²) in [4.78, 5) is 0. The van der Waals surface area contributed by atoms with Gasteiger partial charge in [0.05, 0.1) is 39.1 Å². The molecule has 6 heterocycles. The second-order valence-corrected chi connectivity index (χ2v) is 16.3. The number of aliphatic hydroxyl groups excluding tert-OH is 18. The van der Waals surface area contributed by atoms with Gasteiger partial charge < -0.3 is 144 Å². The SMILES string of the molecule is C[C@@H]1O[C@@H](O[C@H]2[C@H](O[C@H]3[C@@H](OC[C@H]4O[C@@H](O[C@H]5[C@H](O)[C@@H](O)[C@@H](O)O[C@@H]5CO)[C@H](O)[C@@H](O)[C@@H]4O[C@@H]4O[C@H](CO)[C@@H](O)[C@H](O)[C@H]4O)OC[C@@H](O)[C@@H]3O)O[C@H](CO)[C@H](O)[C@@H]2O)[C@@H](O)[C@H](O)[C@@H]1O. The minimum Gasteiger partial charge on any atom is -0.394 e. The maximum absolute atomic E-state index is 11.5. The highest BCUT2D eigenvalue weighted by Gasteiger charge is 2.56. The van der Waals surface area contributed by atoms with Crippen molar-refractivity contribution in [3.05, 3.63) is 0 Å². The fourth-order valence-electron chi connectivity index (χ4n) is 8.04. The fourth-order valence-corrected chi connectivity index (χ4v) is 8.04. The molecule has 29 nitrogen and oxygen atoms in total. The molecule has 6 aliphatic heterocycles. The van der Waals surface area contributed by atoms with E-state index < -0.39 is 211 Å². The van der Waals surface area contributed by atoms with Crippen LogP contribution in [0.5, 0.6) is 0 Å². The Morgan fingerprint density at radius 2 is 0.797 bits per heavy atom. The van der Waals surface area contributed by atoms with E-state index in [9.17, 15) is 91.9 Å². The lowest BCUT2D eigenvalue weighted by Crippen LogP contribution is -2.67. The first kappa shape index (κ1) is 52.2. The lowest BCUT2D eigenvalue weighted by molar-refractivity contribution is -0.394. The molecular formula is C35H60O29. The lowest BCUT2D eigenvalue weighted by atomic mass is 9.96. The molecule has 0 aromatic carbocycles. The normalized spacial score (nSPS) is 54.1. The summed E-state index contributed by atoms with van der Waals surface area (Å²) in [5, 5.41) is 189. The van der Waals surface area contributed by atoms with Crippen molar-refractivity contribution in [2.24, 2.45) is 0 Å². The summed E-state index contributed by atoms with van der Waals surface area (Å²) in [7, 11) is 0. The van der Waals surface area contributed by atoms with E-state index >= 15 is 0 Å². The van der Waals surface area contributed by atoms with E-state index in [0.29, 0.717) is 0 Å². The van der Waals surface area contributed by atoms with Gasteiger partial charge in [0.25, 0.3) is 0 Å². The Morgan fingerprint density at radius 3 is 1.39 bits per heavy atom. The van der Waals surface area contributed by atoms with Crippen molar-refractivity contribution < 1.29 is 144 Å². The Morgan fingerprint density at radius 1 is 0.375 bits per heavy atom. The standard InChI is InChI=1S/C35H60O29/c1-7-13(40)17(44)23(50)31(56-7)63-29-19(46)16(43)10(3-37)59-35(29)64-28-14(41)8(39)5-54-34(28)55-6-12-27(62-32-24(51)18(45)15(42)9(2-36)58-32)21(48)25(52)33(60-12)61-26-11(4-38)57-30(53)22(49)20(26)47/h7-53H,2-6H2,1H3/t7-,8+,9+,10+,11+,12+,13+,14-,15+,16-,17+,18-,19-,20+,21+,22+,23-,24+,25+,26+,27+,28+,29+,30-,31-,32-,33-,34+,35-/m0/s1. The van der Waals surface area contributed by atoms with Crippen LogP contribution in [-0.2, 0) is 52.1 Å². The second-order valence-electron chi connectivity index (χ2n) is 16.3. The summed E-state index contributed by atoms with van der Waals surface area (Å²) < 4.78 is 62.1. The van der Waals surface area contributed by atoms with E-state index in [1.54, 1.807) is 0 Å². The van der Waals surface area contributed by atoms with E-state index in [0.717, 1.165) is 0 Å². The monoisotopic (exact) mass is 944 g/mol. The molecule has 6 aliphatic rings. The topological polar surface area (TPSA) is 466 Å². The second kappa shape index (κ2) is 22.1. The van der Waals surface area contributed by atoms with Gasteiger partial charge in [-0.25, -0.2) is 0 Å². The summed E-state index contributed by atoms with van der Waals surface area (Å²) in [6.07, 6.45) is -53.7. The highest BCUT2D eigenvalue weighted by atomic mass is 16.8. The number of hydrogen-bond acceptors (Lipinski definition) is 29. The number of aliphatic hydroxyl groups is 18. The highest BCUT2D eigenvalue weighted by molar-refractivity contribution is 4.98. The van der Waals surface area contributed by atoms with Gasteiger partial charge >= 0.3 is 0 Å². The minimum absolute atomic E-state index is 0.641. The molecule has 0 spiro atoms. The molecule has 6 fully saturated rings. The third-order valence-corrected chi connectivity index (χ3v) is 12.0. The van der Waals surface area contributed by atoms with Crippen LogP contribution >= 0.6 is 0 Å². The average molecular weight is 945 g/mol. The molecule has 0 aromatic heterocycles. The Labute approximate surface area is 362 Å². The Hall–Kier alpha value is -1.16. The molecule has 29 heteroatoms. The molecule has 0 aliphatic carbocycles. The zero-order valence-electron chi connectivity index (χ0n) is 33.8. The molecule has 0 aromatic rings. The fraction of sp³-hybridized carbons (Fsp3) is 1.00. The quantitative estimate of drug-likeness (QED) is 0.0769. The lowest BCUT2D eigenvalue weighted by Gasteiger charge is -2.49. The van der Waals surface area contributed by atoms with Crippen molar-refractivity contribution in [1.29, 1.82) is 0 Å². The van der Waals surface area contributed by atoms with Gasteiger partial charge in [0.15, 0.2) is 37.7 Å². The van der Waals surface area contributed by atoms with Gasteiger partial charge in [0, 0.05) is 0 Å². The van der Waals surface area contributed by atoms with Crippen LogP contribution in [0.4, 0.5) is 0 Å². The van der Waals surface area contributed by atoms with Crippen LogP contribution in [0.2, 0.25) is 0 Å². The van der Waals surface area contributed by atoms with Gasteiger partial charge in [-0.1, -0.05) is 0 Å². The van der Waals surface area contributed by atoms with Gasteiger partial charge in [0.1, 0.15) is 134 Å². The van der Waals surface area contributed by atoms with Gasteiger partial charge in [-0.15, -0.1) is 0 Å². The summed E-state index contributed by atoms with van der Waals surface area (Å²) in [5.41, 5.74) is 0. The Balaban J connectivity index is 1.25. The van der Waals surface area contributed by atoms with Crippen LogP contribution in [0.15, 0.2) is 0 Å². The molecule has 374 valence electrons. The first-order valence-electron chi connectivity index (χ1n) is 20.4. The van der Waals surface area contributed by atoms with E-state index in [1.807, 2.05) is 0 Å². The van der Waals surface area contributed by atoms with E-state index in [1.165, 1.54) is 6.92 Å². The van der Waals surface area contributed by atoms with E-state index in [4.69, 9.17) is 52.1 Å². The zero-order valence-corrected chi connectivity index (χ0v) is 33.8. The van der Waals surface area contributed by atoms with Gasteiger partial charge in [-0.05, 0) is 6.92 Å². The van der Waals surface area contributed by atoms with Crippen molar-refractivity contribution in [2.45, 2.75) is 185 Å². The molecule has 0 bridgehead atoms. The number of ether oxygens (including phenoxy) is 11. The first-order chi connectivity index (χ1) is 30.2. The predicted octanol–water partition coefficient (Wildman–Crippen LogP) is -12.4. The summed E-state index contributed by atoms with van der Waals surface area (Å²) in [6, 6.07) is 0. The van der Waals surface area contributed by atoms with Crippen molar-refractivity contribution in [1.82, 2.24) is 0 Å². The molecule has 0 amide bonds. The highest BCUT2D eigenvalue weighted by Crippen LogP contribution is 2.35. The van der Waals surface area contributed by atoms with Crippen LogP contribution in [0.1, 0.15) is 6.92 Å². The number of hydrogen-bond donors (Lipinski definition) is 18. The molecule has 6 rings (SSSR count). The molecular weight excluding hydrogens is 884 g/mol. The number of rotatable bonds is 14. The van der Waals surface area contributed by atoms with Crippen molar-refractivity contribution in [2.75, 3.05) is 33.0 Å². The van der Waals surface area contributed by atoms with Gasteiger partial charge in [-0.3, -0.25) is 0 Å². The third-order valence-electron chi connectivity index (χ3n) is 12.0. The van der Waals surface area contributed by atoms with Crippen LogP contribution in [0.25, 0.3) is 0 Å². The molecule has 29 atom stereocenters. The molecule has 6 saturated heterocycles. The van der Waals surface area contributed by atoms with Gasteiger partial charge in [0.2, 0.25) is 0 Å². The Bertz CT molecular complexity index is 1440. The minimum atomic E-state index is -2.17. The largest absolute Gasteiger partial charge is 0.394 e. The van der Waals surface area contributed by atoms with Gasteiger partial charge in [-0.2, -0.15) is 0 Å². The predicted molar refractivity (Wildman–Crippen MR) is 192 cm³/mol. The maximum Gasteiger partial charge on any atom is 0.187 e. The average Bonchev–Trinajstić information content (AvgIpc) is 3.28. The van der Waals surface area contributed by atoms with Crippen molar-refractivity contribution >= 4 is 0 Å². The van der Waals surface area contributed by atoms with Crippen LogP contribution in [0, 0.1) is 0 Å². The molecule has 18 N–H and O–H groups in total. The van der Waals surface area contributed by atoms with Crippen molar-refractivity contribution in [3.63, 3.8) is 0 Å². The maximum atomic E-state index is 11.5. The summed E-state index contributed by atoms with van der Waals surface area (Å²) in [5.74, 6) is 0. The summed E-state index contributed by atoms with van der Waals surface area (Å²) >= 11 is 0. The smallest absolute Gasteiger partial charge is 0.187 e. The van der Waals surface area contributed by atoms with E-state index in [-0.39, 0.29) is 0 Å². The molecule has 0 saturated carbocycles. The van der Waals surface area contributed by atoms with E-state index in [2.05, 4.69) is 0 Å². The first-order valence-corrected chi connectivity index (χ1v) is 20.4. The van der Waals surface area contributed by atoms with Crippen molar-refractivity contribution in [3.8, 4) is 0 Å². The van der Waals surface area contributed by atoms with Crippen LogP contribution in [0.3, 0.4) is 0 Å².